The van der Waals surface area contributed by atoms with Gasteiger partial charge in [0.15, 0.2) is 11.5 Å². The third-order valence-electron chi connectivity index (χ3n) is 4.39. The maximum absolute atomic E-state index is 9.62. The molecule has 4 rings (SSSR count). The fourth-order valence-corrected chi connectivity index (χ4v) is 3.09. The second kappa shape index (κ2) is 7.44. The molecule has 2 aromatic carbocycles. The predicted octanol–water partition coefficient (Wildman–Crippen LogP) is 4.63. The highest BCUT2D eigenvalue weighted by Gasteiger charge is 2.11. The first-order valence-electron chi connectivity index (χ1n) is 8.88. The molecular weight excluding hydrogens is 350 g/mol. The van der Waals surface area contributed by atoms with Gasteiger partial charge >= 0.3 is 0 Å². The molecule has 0 fully saturated rings. The van der Waals surface area contributed by atoms with E-state index < -0.39 is 0 Å². The van der Waals surface area contributed by atoms with Crippen LogP contribution in [0.4, 0.5) is 5.69 Å². The molecule has 0 aliphatic rings. The Morgan fingerprint density at radius 1 is 1.11 bits per heavy atom. The van der Waals surface area contributed by atoms with Crippen molar-refractivity contribution >= 4 is 24.1 Å². The molecule has 6 nitrogen and oxygen atoms in total. The van der Waals surface area contributed by atoms with Crippen molar-refractivity contribution < 1.29 is 5.11 Å². The Morgan fingerprint density at radius 3 is 2.68 bits per heavy atom. The van der Waals surface area contributed by atoms with E-state index in [1.165, 1.54) is 0 Å². The molecular formula is C22H19N5O. The molecule has 0 unspecified atom stereocenters. The van der Waals surface area contributed by atoms with Crippen LogP contribution in [-0.2, 0) is 6.42 Å². The first-order chi connectivity index (χ1) is 13.6. The van der Waals surface area contributed by atoms with Crippen LogP contribution in [0.3, 0.4) is 0 Å². The van der Waals surface area contributed by atoms with Crippen molar-refractivity contribution in [3.63, 3.8) is 0 Å². The van der Waals surface area contributed by atoms with Gasteiger partial charge < -0.3 is 5.11 Å². The van der Waals surface area contributed by atoms with E-state index in [1.807, 2.05) is 60.7 Å². The summed E-state index contributed by atoms with van der Waals surface area (Å²) < 4.78 is 1.77. The number of aliphatic imine (C=N–C) groups is 1. The van der Waals surface area contributed by atoms with Gasteiger partial charge in [-0.25, -0.2) is 0 Å². The predicted molar refractivity (Wildman–Crippen MR) is 111 cm³/mol. The number of aliphatic hydroxyl groups is 1. The van der Waals surface area contributed by atoms with Gasteiger partial charge in [0.05, 0.1) is 17.1 Å². The van der Waals surface area contributed by atoms with Crippen LogP contribution in [0.25, 0.3) is 23.0 Å². The topological polar surface area (TPSA) is 75.7 Å². The zero-order valence-electron chi connectivity index (χ0n) is 15.4. The van der Waals surface area contributed by atoms with Crippen molar-refractivity contribution in [3.05, 3.63) is 83.4 Å². The highest BCUT2D eigenvalue weighted by molar-refractivity contribution is 5.67. The summed E-state index contributed by atoms with van der Waals surface area (Å²) in [6.45, 7) is 5.21. The van der Waals surface area contributed by atoms with Gasteiger partial charge in [-0.2, -0.15) is 9.61 Å². The van der Waals surface area contributed by atoms with E-state index >= 15 is 0 Å². The lowest BCUT2D eigenvalue weighted by atomic mass is 10.1. The highest BCUT2D eigenvalue weighted by atomic mass is 16.3. The molecule has 0 saturated carbocycles. The van der Waals surface area contributed by atoms with Gasteiger partial charge in [0, 0.05) is 17.5 Å². The summed E-state index contributed by atoms with van der Waals surface area (Å²) in [5, 5.41) is 22.9. The maximum atomic E-state index is 9.62. The zero-order chi connectivity index (χ0) is 19.5. The molecule has 28 heavy (non-hydrogen) atoms. The summed E-state index contributed by atoms with van der Waals surface area (Å²) >= 11 is 0. The molecule has 0 amide bonds. The highest BCUT2D eigenvalue weighted by Crippen LogP contribution is 2.24. The summed E-state index contributed by atoms with van der Waals surface area (Å²) in [5.41, 5.74) is 5.13. The Kier molecular flexibility index (Phi) is 4.68. The third-order valence-corrected chi connectivity index (χ3v) is 4.39. The Hall–Kier alpha value is -3.80. The Bertz CT molecular complexity index is 1170. The number of hydrogen-bond donors (Lipinski definition) is 1. The first kappa shape index (κ1) is 17.6. The van der Waals surface area contributed by atoms with Crippen molar-refractivity contribution in [2.75, 3.05) is 0 Å². The molecule has 0 spiro atoms. The molecule has 6 heteroatoms. The van der Waals surface area contributed by atoms with Crippen molar-refractivity contribution in [2.45, 2.75) is 13.3 Å². The molecule has 1 N–H and O–H groups in total. The maximum Gasteiger partial charge on any atom is 0.177 e. The summed E-state index contributed by atoms with van der Waals surface area (Å²) in [7, 11) is 0. The second-order valence-corrected chi connectivity index (χ2v) is 6.48. The van der Waals surface area contributed by atoms with Crippen LogP contribution in [0, 0.1) is 0 Å². The number of allylic oxidation sites excluding steroid dienone is 1. The lowest BCUT2D eigenvalue weighted by Crippen LogP contribution is -2.01. The van der Waals surface area contributed by atoms with Gasteiger partial charge in [-0.05, 0) is 49.5 Å². The van der Waals surface area contributed by atoms with E-state index in [0.29, 0.717) is 17.8 Å². The number of nitrogens with zero attached hydrogens (tertiary/aromatic N) is 5. The van der Waals surface area contributed by atoms with E-state index in [0.717, 1.165) is 28.2 Å². The molecule has 2 heterocycles. The minimum Gasteiger partial charge on any atom is -0.513 e. The van der Waals surface area contributed by atoms with Crippen molar-refractivity contribution in [3.8, 4) is 11.3 Å². The van der Waals surface area contributed by atoms with E-state index in [4.69, 9.17) is 5.10 Å². The summed E-state index contributed by atoms with van der Waals surface area (Å²) in [6.07, 6.45) is 2.22. The molecule has 0 saturated heterocycles. The van der Waals surface area contributed by atoms with Crippen molar-refractivity contribution in [2.24, 2.45) is 4.99 Å². The largest absolute Gasteiger partial charge is 0.513 e. The lowest BCUT2D eigenvalue weighted by molar-refractivity contribution is 0.420. The quantitative estimate of drug-likeness (QED) is 0.411. The Morgan fingerprint density at radius 2 is 1.93 bits per heavy atom. The fourth-order valence-electron chi connectivity index (χ4n) is 3.09. The molecule has 0 atom stereocenters. The number of aliphatic hydroxyl groups excluding tert-OH is 1. The number of rotatable bonds is 5. The van der Waals surface area contributed by atoms with Gasteiger partial charge in [-0.1, -0.05) is 36.4 Å². The van der Waals surface area contributed by atoms with Crippen molar-refractivity contribution in [1.82, 2.24) is 19.8 Å². The molecule has 0 aliphatic heterocycles. The average molecular weight is 369 g/mol. The molecule has 0 radical (unpaired) electrons. The average Bonchev–Trinajstić information content (AvgIpc) is 3.10. The lowest BCUT2D eigenvalue weighted by Gasteiger charge is -2.06. The molecule has 2 aromatic heterocycles. The molecule has 4 aromatic rings. The van der Waals surface area contributed by atoms with Crippen LogP contribution in [-0.4, -0.2) is 31.6 Å². The van der Waals surface area contributed by atoms with Crippen LogP contribution in [0.15, 0.2) is 71.4 Å². The fraction of sp³-hybridized carbons (Fsp3) is 0.0909. The molecule has 138 valence electrons. The normalized spacial score (nSPS) is 11.7. The van der Waals surface area contributed by atoms with E-state index in [2.05, 4.69) is 21.9 Å². The van der Waals surface area contributed by atoms with Crippen molar-refractivity contribution in [1.29, 1.82) is 0 Å². The van der Waals surface area contributed by atoms with E-state index in [1.54, 1.807) is 17.5 Å². The summed E-state index contributed by atoms with van der Waals surface area (Å²) in [5.74, 6) is 0.951. The summed E-state index contributed by atoms with van der Waals surface area (Å²) in [4.78, 5) is 4.01. The van der Waals surface area contributed by atoms with Gasteiger partial charge in [0.25, 0.3) is 0 Å². The minimum atomic E-state index is 0.212. The minimum absolute atomic E-state index is 0.212. The smallest absolute Gasteiger partial charge is 0.177 e. The van der Waals surface area contributed by atoms with Crippen LogP contribution in [0.1, 0.15) is 23.9 Å². The molecule has 0 aliphatic carbocycles. The van der Waals surface area contributed by atoms with Gasteiger partial charge in [-0.3, -0.25) is 4.99 Å². The molecule has 0 bridgehead atoms. The van der Waals surface area contributed by atoms with Crippen LogP contribution >= 0.6 is 0 Å². The van der Waals surface area contributed by atoms with Gasteiger partial charge in [0.2, 0.25) is 0 Å². The Balaban J connectivity index is 1.72. The monoisotopic (exact) mass is 369 g/mol. The van der Waals surface area contributed by atoms with Gasteiger partial charge in [0.1, 0.15) is 0 Å². The van der Waals surface area contributed by atoms with Crippen LogP contribution in [0.5, 0.6) is 0 Å². The first-order valence-corrected chi connectivity index (χ1v) is 8.88. The Labute approximate surface area is 162 Å². The second-order valence-electron chi connectivity index (χ2n) is 6.48. The summed E-state index contributed by atoms with van der Waals surface area (Å²) in [6, 6.07) is 19.7. The van der Waals surface area contributed by atoms with Crippen LogP contribution in [0.2, 0.25) is 0 Å². The number of fused-ring (bicyclic) bond motifs is 1. The zero-order valence-corrected chi connectivity index (χ0v) is 15.4. The third kappa shape index (κ3) is 3.53. The standard InChI is InChI=1S/C22H19N5O/c1-15(28)12-18-13-16(8-9-19(18)23-2)14-22-25-24-21-11-10-20(26-27(21)22)17-6-4-3-5-7-17/h3-13,28H,2,14H2,1H3/b15-12+. The van der Waals surface area contributed by atoms with E-state index in [-0.39, 0.29) is 5.76 Å². The number of aromatic nitrogens is 4. The number of hydrogen-bond acceptors (Lipinski definition) is 5. The van der Waals surface area contributed by atoms with Gasteiger partial charge in [-0.15, -0.1) is 10.2 Å². The van der Waals surface area contributed by atoms with Crippen LogP contribution < -0.4 is 0 Å². The number of benzene rings is 2. The SMILES string of the molecule is C=Nc1ccc(Cc2nnc3ccc(-c4ccccc4)nn23)cc1/C=C(\C)O. The van der Waals surface area contributed by atoms with E-state index in [9.17, 15) is 5.11 Å².